The molecule has 1 aliphatic rings. The lowest BCUT2D eigenvalue weighted by Crippen LogP contribution is -2.58. The van der Waals surface area contributed by atoms with Crippen molar-refractivity contribution in [2.75, 3.05) is 14.2 Å². The number of thiophene rings is 1. The van der Waals surface area contributed by atoms with E-state index in [-0.39, 0.29) is 18.3 Å². The van der Waals surface area contributed by atoms with E-state index in [2.05, 4.69) is 23.5 Å². The first kappa shape index (κ1) is 18.8. The summed E-state index contributed by atoms with van der Waals surface area (Å²) in [7, 11) is 3.24. The Kier molecular flexibility index (Phi) is 4.56. The van der Waals surface area contributed by atoms with Crippen molar-refractivity contribution in [1.82, 2.24) is 10.2 Å². The molecule has 1 amide bonds. The SMILES string of the molecule is COc1ccc(Cl)c(-c2cc(C3(C)CC(=O)N(C)C(=N)N3)cc3ccsc23)c1. The van der Waals surface area contributed by atoms with Gasteiger partial charge in [0.05, 0.1) is 19.1 Å². The first-order valence-electron chi connectivity index (χ1n) is 8.81. The van der Waals surface area contributed by atoms with E-state index in [1.54, 1.807) is 25.5 Å². The summed E-state index contributed by atoms with van der Waals surface area (Å²) >= 11 is 8.18. The maximum absolute atomic E-state index is 12.4. The largest absolute Gasteiger partial charge is 0.497 e. The third-order valence-electron chi connectivity index (χ3n) is 5.26. The zero-order valence-electron chi connectivity index (χ0n) is 15.8. The standard InChI is InChI=1S/C21H20ClN3O2S/c1-21(11-18(26)25(2)20(23)24-21)13-8-12-6-7-28-19(12)16(9-13)15-10-14(27-3)4-5-17(15)22/h4-10H,11H2,1-3H3,(H2,23,24). The second kappa shape index (κ2) is 6.79. The highest BCUT2D eigenvalue weighted by Gasteiger charge is 2.38. The van der Waals surface area contributed by atoms with Crippen molar-refractivity contribution in [3.8, 4) is 16.9 Å². The molecular formula is C21H20ClN3O2S. The fraction of sp³-hybridized carbons (Fsp3) is 0.238. The number of ether oxygens (including phenoxy) is 1. The van der Waals surface area contributed by atoms with Gasteiger partial charge in [0.15, 0.2) is 5.96 Å². The molecule has 144 valence electrons. The fourth-order valence-corrected chi connectivity index (χ4v) is 4.68. The number of carbonyl (C=O) groups is 1. The molecule has 0 radical (unpaired) electrons. The molecule has 2 heterocycles. The lowest BCUT2D eigenvalue weighted by Gasteiger charge is -2.39. The Balaban J connectivity index is 1.92. The van der Waals surface area contributed by atoms with Gasteiger partial charge in [-0.05, 0) is 59.7 Å². The van der Waals surface area contributed by atoms with Crippen LogP contribution in [0.3, 0.4) is 0 Å². The second-order valence-corrected chi connectivity index (χ2v) is 8.47. The van der Waals surface area contributed by atoms with Gasteiger partial charge >= 0.3 is 0 Å². The van der Waals surface area contributed by atoms with Gasteiger partial charge in [-0.15, -0.1) is 11.3 Å². The minimum absolute atomic E-state index is 0.0855. The van der Waals surface area contributed by atoms with Crippen LogP contribution in [0.1, 0.15) is 18.9 Å². The van der Waals surface area contributed by atoms with E-state index in [9.17, 15) is 4.79 Å². The quantitative estimate of drug-likeness (QED) is 0.646. The molecule has 5 nitrogen and oxygen atoms in total. The predicted molar refractivity (Wildman–Crippen MR) is 114 cm³/mol. The summed E-state index contributed by atoms with van der Waals surface area (Å²) in [6.07, 6.45) is 0.271. The summed E-state index contributed by atoms with van der Waals surface area (Å²) in [6, 6.07) is 11.8. The number of halogens is 1. The molecule has 0 saturated carbocycles. The average Bonchev–Trinajstić information content (AvgIpc) is 3.14. The number of hydrogen-bond donors (Lipinski definition) is 2. The van der Waals surface area contributed by atoms with Crippen molar-refractivity contribution in [3.05, 3.63) is 52.4 Å². The van der Waals surface area contributed by atoms with Gasteiger partial charge in [-0.1, -0.05) is 11.6 Å². The zero-order valence-corrected chi connectivity index (χ0v) is 17.4. The number of nitrogens with zero attached hydrogens (tertiary/aromatic N) is 1. The first-order valence-corrected chi connectivity index (χ1v) is 10.1. The average molecular weight is 414 g/mol. The van der Waals surface area contributed by atoms with Crippen molar-refractivity contribution in [2.24, 2.45) is 0 Å². The Hall–Kier alpha value is -2.57. The van der Waals surface area contributed by atoms with Crippen LogP contribution in [0, 0.1) is 5.41 Å². The van der Waals surface area contributed by atoms with Gasteiger partial charge in [-0.2, -0.15) is 0 Å². The summed E-state index contributed by atoms with van der Waals surface area (Å²) in [6.45, 7) is 1.96. The van der Waals surface area contributed by atoms with Crippen LogP contribution >= 0.6 is 22.9 Å². The molecule has 28 heavy (non-hydrogen) atoms. The number of rotatable bonds is 3. The number of carbonyl (C=O) groups excluding carboxylic acids is 1. The number of guanidine groups is 1. The molecule has 4 rings (SSSR count). The molecule has 1 aliphatic heterocycles. The van der Waals surface area contributed by atoms with Crippen LogP contribution in [0.4, 0.5) is 0 Å². The molecule has 1 fully saturated rings. The predicted octanol–water partition coefficient (Wildman–Crippen LogP) is 4.83. The number of methoxy groups -OCH3 is 1. The molecule has 7 heteroatoms. The van der Waals surface area contributed by atoms with Crippen LogP contribution in [0.2, 0.25) is 5.02 Å². The molecule has 0 aliphatic carbocycles. The Labute approximate surface area is 172 Å². The number of benzene rings is 2. The Bertz CT molecular complexity index is 1090. The van der Waals surface area contributed by atoms with Crippen molar-refractivity contribution >= 4 is 44.9 Å². The molecular weight excluding hydrogens is 394 g/mol. The van der Waals surface area contributed by atoms with Crippen LogP contribution in [-0.4, -0.2) is 30.9 Å². The van der Waals surface area contributed by atoms with E-state index < -0.39 is 5.54 Å². The Morgan fingerprint density at radius 2 is 2.04 bits per heavy atom. The normalized spacial score (nSPS) is 19.8. The summed E-state index contributed by atoms with van der Waals surface area (Å²) in [5.74, 6) is 0.748. The van der Waals surface area contributed by atoms with Crippen molar-refractivity contribution in [1.29, 1.82) is 5.41 Å². The molecule has 0 bridgehead atoms. The Morgan fingerprint density at radius 3 is 2.75 bits per heavy atom. The third-order valence-corrected chi connectivity index (χ3v) is 6.55. The van der Waals surface area contributed by atoms with Crippen LogP contribution in [0.15, 0.2) is 41.8 Å². The van der Waals surface area contributed by atoms with Gasteiger partial charge in [0.2, 0.25) is 5.91 Å². The van der Waals surface area contributed by atoms with Gasteiger partial charge in [0.25, 0.3) is 0 Å². The van der Waals surface area contributed by atoms with Gasteiger partial charge in [-0.25, -0.2) is 0 Å². The lowest BCUT2D eigenvalue weighted by atomic mass is 9.84. The van der Waals surface area contributed by atoms with Crippen LogP contribution in [0.5, 0.6) is 5.75 Å². The van der Waals surface area contributed by atoms with Crippen molar-refractivity contribution in [3.63, 3.8) is 0 Å². The van der Waals surface area contributed by atoms with Crippen LogP contribution < -0.4 is 10.1 Å². The van der Waals surface area contributed by atoms with E-state index >= 15 is 0 Å². The van der Waals surface area contributed by atoms with Crippen LogP contribution in [0.25, 0.3) is 21.2 Å². The second-order valence-electron chi connectivity index (χ2n) is 7.14. The highest BCUT2D eigenvalue weighted by atomic mass is 35.5. The highest BCUT2D eigenvalue weighted by molar-refractivity contribution is 7.17. The van der Waals surface area contributed by atoms with Gasteiger partial charge in [0.1, 0.15) is 5.75 Å². The smallest absolute Gasteiger partial charge is 0.231 e. The molecule has 0 spiro atoms. The number of hydrogen-bond acceptors (Lipinski definition) is 4. The van der Waals surface area contributed by atoms with Crippen molar-refractivity contribution < 1.29 is 9.53 Å². The number of amides is 1. The zero-order chi connectivity index (χ0) is 20.1. The summed E-state index contributed by atoms with van der Waals surface area (Å²) in [5, 5.41) is 15.1. The van der Waals surface area contributed by atoms with Crippen LogP contribution in [-0.2, 0) is 10.3 Å². The minimum atomic E-state index is -0.670. The molecule has 2 N–H and O–H groups in total. The van der Waals surface area contributed by atoms with E-state index in [1.165, 1.54) is 4.90 Å². The van der Waals surface area contributed by atoms with Gasteiger partial charge in [-0.3, -0.25) is 15.1 Å². The fourth-order valence-electron chi connectivity index (χ4n) is 3.55. The molecule has 1 saturated heterocycles. The summed E-state index contributed by atoms with van der Waals surface area (Å²) < 4.78 is 6.51. The van der Waals surface area contributed by atoms with E-state index in [0.717, 1.165) is 32.5 Å². The topological polar surface area (TPSA) is 65.4 Å². The number of nitrogens with one attached hydrogen (secondary N) is 2. The summed E-state index contributed by atoms with van der Waals surface area (Å²) in [4.78, 5) is 13.7. The van der Waals surface area contributed by atoms with E-state index in [4.69, 9.17) is 21.7 Å². The molecule has 3 aromatic rings. The maximum Gasteiger partial charge on any atom is 0.231 e. The summed E-state index contributed by atoms with van der Waals surface area (Å²) in [5.41, 5.74) is 2.15. The van der Waals surface area contributed by atoms with E-state index in [1.807, 2.05) is 30.5 Å². The highest BCUT2D eigenvalue weighted by Crippen LogP contribution is 2.41. The van der Waals surface area contributed by atoms with Gasteiger partial charge in [0, 0.05) is 27.9 Å². The Morgan fingerprint density at radius 1 is 1.25 bits per heavy atom. The molecule has 1 aromatic heterocycles. The van der Waals surface area contributed by atoms with Gasteiger partial charge < -0.3 is 10.1 Å². The minimum Gasteiger partial charge on any atom is -0.497 e. The third kappa shape index (κ3) is 3.02. The monoisotopic (exact) mass is 413 g/mol. The first-order chi connectivity index (χ1) is 13.3. The van der Waals surface area contributed by atoms with E-state index in [0.29, 0.717) is 5.02 Å². The molecule has 1 atom stereocenters. The maximum atomic E-state index is 12.4. The lowest BCUT2D eigenvalue weighted by molar-refractivity contribution is -0.129. The molecule has 1 unspecified atom stereocenters. The number of fused-ring (bicyclic) bond motifs is 1. The molecule has 2 aromatic carbocycles. The van der Waals surface area contributed by atoms with Crippen molar-refractivity contribution in [2.45, 2.75) is 18.9 Å².